The molecule has 2 rings (SSSR count). The molecule has 3 heteroatoms. The highest BCUT2D eigenvalue weighted by molar-refractivity contribution is 6.30. The molecule has 0 bridgehead atoms. The number of aromatic nitrogens is 1. The van der Waals surface area contributed by atoms with Gasteiger partial charge in [-0.1, -0.05) is 24.4 Å². The summed E-state index contributed by atoms with van der Waals surface area (Å²) < 4.78 is 0. The first-order valence-electron chi connectivity index (χ1n) is 5.54. The van der Waals surface area contributed by atoms with Crippen molar-refractivity contribution in [3.63, 3.8) is 0 Å². The molecule has 0 radical (unpaired) electrons. The van der Waals surface area contributed by atoms with Crippen LogP contribution in [-0.4, -0.2) is 11.0 Å². The van der Waals surface area contributed by atoms with Crippen molar-refractivity contribution in [2.75, 3.05) is 5.32 Å². The number of hydrogen-bond donors (Lipinski definition) is 1. The second-order valence-corrected chi connectivity index (χ2v) is 4.91. The fraction of sp³-hybridized carbons (Fsp3) is 0.583. The molecule has 1 heterocycles. The summed E-state index contributed by atoms with van der Waals surface area (Å²) in [6.45, 7) is 4.20. The molecule has 82 valence electrons. The average molecular weight is 225 g/mol. The molecular formula is C12H17ClN2. The van der Waals surface area contributed by atoms with E-state index in [-0.39, 0.29) is 0 Å². The van der Waals surface area contributed by atoms with E-state index in [0.717, 1.165) is 17.2 Å². The van der Waals surface area contributed by atoms with Crippen molar-refractivity contribution in [1.82, 2.24) is 4.98 Å². The third-order valence-electron chi connectivity index (χ3n) is 2.81. The van der Waals surface area contributed by atoms with Gasteiger partial charge in [0.15, 0.2) is 0 Å². The lowest BCUT2D eigenvalue weighted by Crippen LogP contribution is -2.15. The lowest BCUT2D eigenvalue weighted by Gasteiger charge is -2.15. The highest BCUT2D eigenvalue weighted by atomic mass is 35.5. The normalized spacial score (nSPS) is 17.5. The van der Waals surface area contributed by atoms with Crippen LogP contribution >= 0.6 is 11.6 Å². The Labute approximate surface area is 96.1 Å². The fourth-order valence-electron chi connectivity index (χ4n) is 1.83. The predicted octanol–water partition coefficient (Wildman–Crippen LogP) is 3.64. The fourth-order valence-corrected chi connectivity index (χ4v) is 1.94. The standard InChI is InChI=1S/C12H17ClN2/c1-8-5-11(7-14-12(8)13)15-9(2)6-10-3-4-10/h5,7,9-10,15H,3-4,6H2,1-2H3. The molecule has 0 saturated heterocycles. The molecule has 0 spiro atoms. The number of rotatable bonds is 4. The summed E-state index contributed by atoms with van der Waals surface area (Å²) >= 11 is 5.87. The molecule has 1 aromatic heterocycles. The number of aryl methyl sites for hydroxylation is 1. The average Bonchev–Trinajstić information content (AvgIpc) is 2.95. The topological polar surface area (TPSA) is 24.9 Å². The molecule has 1 aromatic rings. The van der Waals surface area contributed by atoms with Gasteiger partial charge >= 0.3 is 0 Å². The largest absolute Gasteiger partial charge is 0.381 e. The van der Waals surface area contributed by atoms with Crippen molar-refractivity contribution in [1.29, 1.82) is 0 Å². The van der Waals surface area contributed by atoms with E-state index in [9.17, 15) is 0 Å². The van der Waals surface area contributed by atoms with Crippen molar-refractivity contribution < 1.29 is 0 Å². The number of nitrogens with one attached hydrogen (secondary N) is 1. The van der Waals surface area contributed by atoms with Gasteiger partial charge in [-0.15, -0.1) is 0 Å². The number of anilines is 1. The second kappa shape index (κ2) is 4.40. The van der Waals surface area contributed by atoms with E-state index >= 15 is 0 Å². The van der Waals surface area contributed by atoms with E-state index in [4.69, 9.17) is 11.6 Å². The molecule has 1 aliphatic rings. The van der Waals surface area contributed by atoms with Crippen LogP contribution in [0.3, 0.4) is 0 Å². The minimum absolute atomic E-state index is 0.528. The van der Waals surface area contributed by atoms with Crippen LogP contribution < -0.4 is 5.32 Å². The summed E-state index contributed by atoms with van der Waals surface area (Å²) in [6, 6.07) is 2.58. The van der Waals surface area contributed by atoms with Crippen molar-refractivity contribution in [3.8, 4) is 0 Å². The molecule has 1 saturated carbocycles. The van der Waals surface area contributed by atoms with E-state index in [0.29, 0.717) is 11.2 Å². The molecule has 1 aliphatic carbocycles. The van der Waals surface area contributed by atoms with Gasteiger partial charge in [0.25, 0.3) is 0 Å². The van der Waals surface area contributed by atoms with Gasteiger partial charge in [0.1, 0.15) is 5.15 Å². The van der Waals surface area contributed by atoms with E-state index in [1.54, 1.807) is 6.20 Å². The maximum Gasteiger partial charge on any atom is 0.132 e. The summed E-state index contributed by atoms with van der Waals surface area (Å²) in [5.74, 6) is 0.953. The van der Waals surface area contributed by atoms with Gasteiger partial charge in [0.05, 0.1) is 11.9 Å². The van der Waals surface area contributed by atoms with Gasteiger partial charge in [-0.05, 0) is 37.8 Å². The maximum atomic E-state index is 5.87. The highest BCUT2D eigenvalue weighted by Gasteiger charge is 2.23. The molecule has 0 aliphatic heterocycles. The Balaban J connectivity index is 1.93. The quantitative estimate of drug-likeness (QED) is 0.790. The number of nitrogens with zero attached hydrogens (tertiary/aromatic N) is 1. The minimum Gasteiger partial charge on any atom is -0.381 e. The van der Waals surface area contributed by atoms with E-state index in [2.05, 4.69) is 23.3 Å². The van der Waals surface area contributed by atoms with Gasteiger partial charge < -0.3 is 5.32 Å². The van der Waals surface area contributed by atoms with Gasteiger partial charge in [-0.3, -0.25) is 0 Å². The Hall–Kier alpha value is -0.760. The number of pyridine rings is 1. The summed E-state index contributed by atoms with van der Waals surface area (Å²) in [4.78, 5) is 4.13. The molecule has 0 aromatic carbocycles. The Bertz CT molecular complexity index is 347. The smallest absolute Gasteiger partial charge is 0.132 e. The van der Waals surface area contributed by atoms with E-state index in [1.807, 2.05) is 6.92 Å². The molecule has 1 unspecified atom stereocenters. The van der Waals surface area contributed by atoms with Crippen molar-refractivity contribution in [3.05, 3.63) is 23.0 Å². The molecule has 0 amide bonds. The molecule has 1 N–H and O–H groups in total. The predicted molar refractivity (Wildman–Crippen MR) is 64.4 cm³/mol. The van der Waals surface area contributed by atoms with Crippen molar-refractivity contribution >= 4 is 17.3 Å². The van der Waals surface area contributed by atoms with Crippen LogP contribution in [0.15, 0.2) is 12.3 Å². The maximum absolute atomic E-state index is 5.87. The first-order valence-corrected chi connectivity index (χ1v) is 5.91. The van der Waals surface area contributed by atoms with Crippen LogP contribution in [0.1, 0.15) is 31.7 Å². The lowest BCUT2D eigenvalue weighted by atomic mass is 10.1. The summed E-state index contributed by atoms with van der Waals surface area (Å²) in [6.07, 6.45) is 5.88. The Kier molecular flexibility index (Phi) is 3.15. The van der Waals surface area contributed by atoms with E-state index < -0.39 is 0 Å². The molecule has 2 nitrogen and oxygen atoms in total. The zero-order valence-corrected chi connectivity index (χ0v) is 10.0. The first kappa shape index (κ1) is 10.7. The molecule has 15 heavy (non-hydrogen) atoms. The number of halogens is 1. The minimum atomic E-state index is 0.528. The summed E-state index contributed by atoms with van der Waals surface area (Å²) in [7, 11) is 0. The SMILES string of the molecule is Cc1cc(NC(C)CC2CC2)cnc1Cl. The van der Waals surface area contributed by atoms with Crippen molar-refractivity contribution in [2.45, 2.75) is 39.2 Å². The van der Waals surface area contributed by atoms with Crippen LogP contribution in [0.25, 0.3) is 0 Å². The highest BCUT2D eigenvalue weighted by Crippen LogP contribution is 2.34. The van der Waals surface area contributed by atoms with Crippen LogP contribution in [0, 0.1) is 12.8 Å². The van der Waals surface area contributed by atoms with Crippen LogP contribution in [0.4, 0.5) is 5.69 Å². The van der Waals surface area contributed by atoms with E-state index in [1.165, 1.54) is 19.3 Å². The zero-order valence-electron chi connectivity index (χ0n) is 9.26. The first-order chi connectivity index (χ1) is 7.15. The Morgan fingerprint density at radius 2 is 2.33 bits per heavy atom. The van der Waals surface area contributed by atoms with Crippen LogP contribution in [-0.2, 0) is 0 Å². The van der Waals surface area contributed by atoms with Gasteiger partial charge in [0.2, 0.25) is 0 Å². The van der Waals surface area contributed by atoms with Crippen LogP contribution in [0.2, 0.25) is 5.15 Å². The molecular weight excluding hydrogens is 208 g/mol. The number of hydrogen-bond acceptors (Lipinski definition) is 2. The molecule has 1 fully saturated rings. The monoisotopic (exact) mass is 224 g/mol. The Morgan fingerprint density at radius 3 is 2.93 bits per heavy atom. The van der Waals surface area contributed by atoms with Crippen LogP contribution in [0.5, 0.6) is 0 Å². The third kappa shape index (κ3) is 3.10. The zero-order chi connectivity index (χ0) is 10.8. The summed E-state index contributed by atoms with van der Waals surface area (Å²) in [5.41, 5.74) is 2.10. The van der Waals surface area contributed by atoms with Gasteiger partial charge in [-0.25, -0.2) is 4.98 Å². The lowest BCUT2D eigenvalue weighted by molar-refractivity contribution is 0.642. The Morgan fingerprint density at radius 1 is 1.60 bits per heavy atom. The van der Waals surface area contributed by atoms with Crippen molar-refractivity contribution in [2.24, 2.45) is 5.92 Å². The summed E-state index contributed by atoms with van der Waals surface area (Å²) in [5, 5.41) is 4.05. The van der Waals surface area contributed by atoms with Gasteiger partial charge in [0, 0.05) is 6.04 Å². The third-order valence-corrected chi connectivity index (χ3v) is 3.21. The second-order valence-electron chi connectivity index (χ2n) is 4.56. The van der Waals surface area contributed by atoms with Gasteiger partial charge in [-0.2, -0.15) is 0 Å². The molecule has 1 atom stereocenters.